The van der Waals surface area contributed by atoms with E-state index in [-0.39, 0.29) is 23.7 Å². The molecule has 24 heavy (non-hydrogen) atoms. The molecule has 2 unspecified atom stereocenters. The number of benzene rings is 1. The third kappa shape index (κ3) is 3.46. The largest absolute Gasteiger partial charge is 0.275 e. The Morgan fingerprint density at radius 1 is 1.42 bits per heavy atom. The van der Waals surface area contributed by atoms with E-state index in [0.29, 0.717) is 12.0 Å². The maximum absolute atomic E-state index is 13.2. The van der Waals surface area contributed by atoms with Crippen LogP contribution in [0.5, 0.6) is 0 Å². The van der Waals surface area contributed by atoms with Crippen LogP contribution in [0.15, 0.2) is 30.5 Å². The molecule has 0 bridgehead atoms. The Balaban J connectivity index is 1.68. The standard InChI is InChI=1S/C15H16F3N3O2S/c1-21-8-12(15(17)18)13(20-21)7-19-24(22,23)14-6-11(14)9-3-2-4-10(16)5-9/h2-5,8,11,14-15,19H,6-7H2,1H3. The number of hydrogen-bond acceptors (Lipinski definition) is 3. The van der Waals surface area contributed by atoms with Crippen molar-refractivity contribution >= 4 is 10.0 Å². The quantitative estimate of drug-likeness (QED) is 0.862. The van der Waals surface area contributed by atoms with Crippen molar-refractivity contribution in [1.82, 2.24) is 14.5 Å². The molecule has 1 aliphatic carbocycles. The first-order valence-electron chi connectivity index (χ1n) is 7.32. The van der Waals surface area contributed by atoms with E-state index < -0.39 is 27.5 Å². The van der Waals surface area contributed by atoms with E-state index >= 15 is 0 Å². The van der Waals surface area contributed by atoms with E-state index in [2.05, 4.69) is 9.82 Å². The Morgan fingerprint density at radius 3 is 2.83 bits per heavy atom. The van der Waals surface area contributed by atoms with Crippen LogP contribution in [-0.2, 0) is 23.6 Å². The van der Waals surface area contributed by atoms with Crippen LogP contribution in [0.3, 0.4) is 0 Å². The Labute approximate surface area is 137 Å². The molecule has 0 amide bonds. The molecule has 5 nitrogen and oxygen atoms in total. The first-order chi connectivity index (χ1) is 11.3. The second-order valence-corrected chi connectivity index (χ2v) is 7.79. The van der Waals surface area contributed by atoms with Gasteiger partial charge in [-0.2, -0.15) is 5.10 Å². The van der Waals surface area contributed by atoms with Gasteiger partial charge in [0.1, 0.15) is 5.82 Å². The fourth-order valence-electron chi connectivity index (χ4n) is 2.75. The van der Waals surface area contributed by atoms with E-state index in [1.807, 2.05) is 0 Å². The van der Waals surface area contributed by atoms with E-state index in [9.17, 15) is 21.6 Å². The van der Waals surface area contributed by atoms with Gasteiger partial charge < -0.3 is 0 Å². The molecule has 130 valence electrons. The summed E-state index contributed by atoms with van der Waals surface area (Å²) < 4.78 is 67.1. The predicted molar refractivity (Wildman–Crippen MR) is 81.5 cm³/mol. The zero-order valence-corrected chi connectivity index (χ0v) is 13.6. The van der Waals surface area contributed by atoms with Gasteiger partial charge in [-0.1, -0.05) is 12.1 Å². The van der Waals surface area contributed by atoms with E-state index in [4.69, 9.17) is 0 Å². The van der Waals surface area contributed by atoms with Gasteiger partial charge in [-0.3, -0.25) is 4.68 Å². The number of aryl methyl sites for hydroxylation is 1. The van der Waals surface area contributed by atoms with Crippen molar-refractivity contribution in [2.45, 2.75) is 30.6 Å². The molecule has 1 fully saturated rings. The molecule has 2 atom stereocenters. The zero-order valence-electron chi connectivity index (χ0n) is 12.8. The monoisotopic (exact) mass is 359 g/mol. The van der Waals surface area contributed by atoms with Crippen molar-refractivity contribution in [2.75, 3.05) is 0 Å². The van der Waals surface area contributed by atoms with Gasteiger partial charge in [0.2, 0.25) is 10.0 Å². The summed E-state index contributed by atoms with van der Waals surface area (Å²) in [5.74, 6) is -0.699. The molecule has 1 heterocycles. The van der Waals surface area contributed by atoms with Gasteiger partial charge in [0.15, 0.2) is 0 Å². The molecule has 1 aliphatic rings. The first-order valence-corrected chi connectivity index (χ1v) is 8.87. The fourth-order valence-corrected chi connectivity index (χ4v) is 4.35. The van der Waals surface area contributed by atoms with E-state index in [1.54, 1.807) is 6.07 Å². The molecule has 3 rings (SSSR count). The lowest BCUT2D eigenvalue weighted by molar-refractivity contribution is 0.150. The summed E-state index contributed by atoms with van der Waals surface area (Å²) in [6.07, 6.45) is -1.18. The zero-order chi connectivity index (χ0) is 17.5. The van der Waals surface area contributed by atoms with E-state index in [1.165, 1.54) is 36.1 Å². The number of sulfonamides is 1. The molecule has 1 saturated carbocycles. The normalized spacial score (nSPS) is 20.5. The van der Waals surface area contributed by atoms with Gasteiger partial charge in [0.25, 0.3) is 6.43 Å². The van der Waals surface area contributed by atoms with Gasteiger partial charge in [0.05, 0.1) is 23.1 Å². The van der Waals surface area contributed by atoms with Gasteiger partial charge >= 0.3 is 0 Å². The number of nitrogens with zero attached hydrogens (tertiary/aromatic N) is 2. The molecule has 0 spiro atoms. The summed E-state index contributed by atoms with van der Waals surface area (Å²) in [4.78, 5) is 0. The highest BCUT2D eigenvalue weighted by Crippen LogP contribution is 2.45. The molecule has 0 radical (unpaired) electrons. The molecule has 0 aliphatic heterocycles. The Morgan fingerprint density at radius 2 is 2.17 bits per heavy atom. The Bertz CT molecular complexity index is 851. The number of nitrogens with one attached hydrogen (secondary N) is 1. The minimum absolute atomic E-state index is 0.000898. The van der Waals surface area contributed by atoms with Gasteiger partial charge in [-0.25, -0.2) is 26.3 Å². The van der Waals surface area contributed by atoms with Crippen molar-refractivity contribution in [2.24, 2.45) is 7.05 Å². The van der Waals surface area contributed by atoms with Gasteiger partial charge in [0, 0.05) is 19.2 Å². The average Bonchev–Trinajstić information content (AvgIpc) is 3.23. The van der Waals surface area contributed by atoms with Crippen LogP contribution in [0.1, 0.15) is 35.6 Å². The first kappa shape index (κ1) is 17.0. The van der Waals surface area contributed by atoms with Gasteiger partial charge in [-0.05, 0) is 24.1 Å². The molecular formula is C15H16F3N3O2S. The topological polar surface area (TPSA) is 64.0 Å². The van der Waals surface area contributed by atoms with Crippen molar-refractivity contribution in [3.8, 4) is 0 Å². The third-order valence-corrected chi connectivity index (χ3v) is 5.89. The second-order valence-electron chi connectivity index (χ2n) is 5.81. The van der Waals surface area contributed by atoms with Crippen LogP contribution in [-0.4, -0.2) is 23.4 Å². The van der Waals surface area contributed by atoms with Crippen molar-refractivity contribution < 1.29 is 21.6 Å². The number of hydrogen-bond donors (Lipinski definition) is 1. The van der Waals surface area contributed by atoms with Crippen molar-refractivity contribution in [1.29, 1.82) is 0 Å². The van der Waals surface area contributed by atoms with Crippen LogP contribution in [0.4, 0.5) is 13.2 Å². The van der Waals surface area contributed by atoms with Crippen LogP contribution >= 0.6 is 0 Å². The molecular weight excluding hydrogens is 343 g/mol. The summed E-state index contributed by atoms with van der Waals surface area (Å²) in [5.41, 5.74) is 0.327. The summed E-state index contributed by atoms with van der Waals surface area (Å²) in [7, 11) is -2.20. The van der Waals surface area contributed by atoms with Crippen LogP contribution in [0.2, 0.25) is 0 Å². The molecule has 0 saturated heterocycles. The highest BCUT2D eigenvalue weighted by Gasteiger charge is 2.48. The highest BCUT2D eigenvalue weighted by atomic mass is 32.2. The summed E-state index contributed by atoms with van der Waals surface area (Å²) >= 11 is 0. The van der Waals surface area contributed by atoms with Crippen molar-refractivity contribution in [3.05, 3.63) is 53.1 Å². The average molecular weight is 359 g/mol. The second kappa shape index (κ2) is 6.21. The number of aromatic nitrogens is 2. The summed E-state index contributed by atoms with van der Waals surface area (Å²) in [5, 5.41) is 3.18. The SMILES string of the molecule is Cn1cc(C(F)F)c(CNS(=O)(=O)C2CC2c2cccc(F)c2)n1. The number of halogens is 3. The minimum atomic E-state index is -3.70. The molecule has 1 N–H and O–H groups in total. The number of rotatable bonds is 6. The lowest BCUT2D eigenvalue weighted by atomic mass is 10.1. The number of alkyl halides is 2. The third-order valence-electron chi connectivity index (χ3n) is 4.02. The maximum atomic E-state index is 13.2. The molecule has 2 aromatic rings. The summed E-state index contributed by atoms with van der Waals surface area (Å²) in [6, 6.07) is 5.81. The molecule has 9 heteroatoms. The fraction of sp³-hybridized carbons (Fsp3) is 0.400. The summed E-state index contributed by atoms with van der Waals surface area (Å²) in [6.45, 7) is -0.296. The highest BCUT2D eigenvalue weighted by molar-refractivity contribution is 7.90. The van der Waals surface area contributed by atoms with Crippen LogP contribution in [0.25, 0.3) is 0 Å². The molecule has 1 aromatic heterocycles. The maximum Gasteiger partial charge on any atom is 0.267 e. The molecule has 1 aromatic carbocycles. The van der Waals surface area contributed by atoms with Crippen LogP contribution in [0, 0.1) is 5.82 Å². The Kier molecular flexibility index (Phi) is 4.39. The lowest BCUT2D eigenvalue weighted by Crippen LogP contribution is -2.28. The van der Waals surface area contributed by atoms with Gasteiger partial charge in [-0.15, -0.1) is 0 Å². The van der Waals surface area contributed by atoms with E-state index in [0.717, 1.165) is 0 Å². The minimum Gasteiger partial charge on any atom is -0.275 e. The predicted octanol–water partition coefficient (Wildman–Crippen LogP) is 2.47. The van der Waals surface area contributed by atoms with Crippen molar-refractivity contribution in [3.63, 3.8) is 0 Å². The lowest BCUT2D eigenvalue weighted by Gasteiger charge is -2.06. The smallest absolute Gasteiger partial charge is 0.267 e. The Hall–Kier alpha value is -1.87. The van der Waals surface area contributed by atoms with Crippen LogP contribution < -0.4 is 4.72 Å².